The van der Waals surface area contributed by atoms with Gasteiger partial charge in [-0.3, -0.25) is 0 Å². The predicted molar refractivity (Wildman–Crippen MR) is 58.4 cm³/mol. The van der Waals surface area contributed by atoms with Gasteiger partial charge in [0.15, 0.2) is 0 Å². The van der Waals surface area contributed by atoms with Gasteiger partial charge in [0.1, 0.15) is 0 Å². The predicted octanol–water partition coefficient (Wildman–Crippen LogP) is 2.67. The lowest BCUT2D eigenvalue weighted by Gasteiger charge is -2.25. The zero-order valence-electron chi connectivity index (χ0n) is 8.07. The zero-order chi connectivity index (χ0) is 10.0. The van der Waals surface area contributed by atoms with E-state index in [2.05, 4.69) is 15.9 Å². The van der Waals surface area contributed by atoms with E-state index >= 15 is 0 Å². The summed E-state index contributed by atoms with van der Waals surface area (Å²) in [5, 5.41) is 0.661. The molecular weight excluding hydrogens is 244 g/mol. The van der Waals surface area contributed by atoms with E-state index in [1.807, 2.05) is 37.3 Å². The lowest BCUT2D eigenvalue weighted by molar-refractivity contribution is -0.154. The van der Waals surface area contributed by atoms with E-state index in [-0.39, 0.29) is 6.10 Å². The second-order valence-electron chi connectivity index (χ2n) is 3.49. The number of benzene rings is 1. The summed E-state index contributed by atoms with van der Waals surface area (Å²) in [6, 6.07) is 10.0. The van der Waals surface area contributed by atoms with E-state index < -0.39 is 5.79 Å². The Labute approximate surface area is 92.3 Å². The molecule has 0 amide bonds. The summed E-state index contributed by atoms with van der Waals surface area (Å²) < 4.78 is 11.5. The molecule has 1 heterocycles. The molecule has 0 aliphatic carbocycles. The second-order valence-corrected chi connectivity index (χ2v) is 4.05. The van der Waals surface area contributed by atoms with Crippen molar-refractivity contribution in [1.82, 2.24) is 0 Å². The first kappa shape index (κ1) is 10.1. The highest BCUT2D eigenvalue weighted by atomic mass is 79.9. The van der Waals surface area contributed by atoms with Crippen LogP contribution in [0.15, 0.2) is 30.3 Å². The molecule has 2 atom stereocenters. The van der Waals surface area contributed by atoms with Crippen LogP contribution in [0.1, 0.15) is 12.5 Å². The van der Waals surface area contributed by atoms with E-state index in [0.717, 1.165) is 5.56 Å². The van der Waals surface area contributed by atoms with Gasteiger partial charge in [0.05, 0.1) is 18.0 Å². The maximum atomic E-state index is 5.82. The molecule has 14 heavy (non-hydrogen) atoms. The molecule has 0 N–H and O–H groups in total. The van der Waals surface area contributed by atoms with Crippen LogP contribution in [-0.2, 0) is 15.3 Å². The van der Waals surface area contributed by atoms with Gasteiger partial charge in [0.2, 0.25) is 5.79 Å². The van der Waals surface area contributed by atoms with Gasteiger partial charge in [-0.1, -0.05) is 46.3 Å². The molecule has 1 aliphatic rings. The molecule has 1 saturated heterocycles. The van der Waals surface area contributed by atoms with Crippen molar-refractivity contribution in [2.24, 2.45) is 0 Å². The van der Waals surface area contributed by atoms with Crippen molar-refractivity contribution in [1.29, 1.82) is 0 Å². The van der Waals surface area contributed by atoms with Crippen molar-refractivity contribution in [3.8, 4) is 0 Å². The number of alkyl halides is 1. The van der Waals surface area contributed by atoms with Crippen LogP contribution in [0.4, 0.5) is 0 Å². The normalized spacial score (nSPS) is 32.0. The Kier molecular flexibility index (Phi) is 2.91. The molecule has 76 valence electrons. The van der Waals surface area contributed by atoms with E-state index in [0.29, 0.717) is 11.9 Å². The van der Waals surface area contributed by atoms with Gasteiger partial charge in [-0.25, -0.2) is 0 Å². The lowest BCUT2D eigenvalue weighted by Crippen LogP contribution is -2.29. The Bertz CT molecular complexity index is 301. The van der Waals surface area contributed by atoms with Gasteiger partial charge in [-0.15, -0.1) is 0 Å². The maximum Gasteiger partial charge on any atom is 0.205 e. The molecule has 1 aliphatic heterocycles. The van der Waals surface area contributed by atoms with E-state index in [9.17, 15) is 0 Å². The van der Waals surface area contributed by atoms with Crippen molar-refractivity contribution in [2.75, 3.05) is 11.9 Å². The van der Waals surface area contributed by atoms with Crippen molar-refractivity contribution in [3.05, 3.63) is 35.9 Å². The van der Waals surface area contributed by atoms with E-state index in [1.165, 1.54) is 0 Å². The fraction of sp³-hybridized carbons (Fsp3) is 0.455. The zero-order valence-corrected chi connectivity index (χ0v) is 9.66. The fourth-order valence-corrected chi connectivity index (χ4v) is 2.25. The second kappa shape index (κ2) is 4.01. The van der Waals surface area contributed by atoms with Gasteiger partial charge in [0, 0.05) is 5.56 Å². The molecule has 3 heteroatoms. The van der Waals surface area contributed by atoms with Crippen molar-refractivity contribution in [2.45, 2.75) is 18.8 Å². The van der Waals surface area contributed by atoms with Crippen LogP contribution in [0, 0.1) is 0 Å². The third kappa shape index (κ3) is 1.72. The van der Waals surface area contributed by atoms with Crippen LogP contribution in [0.5, 0.6) is 0 Å². The Hall–Kier alpha value is -0.380. The average molecular weight is 257 g/mol. The number of hydrogen-bond donors (Lipinski definition) is 0. The molecule has 1 fully saturated rings. The smallest absolute Gasteiger partial charge is 0.205 e. The topological polar surface area (TPSA) is 18.5 Å². The van der Waals surface area contributed by atoms with Crippen LogP contribution in [0.25, 0.3) is 0 Å². The number of hydrogen-bond acceptors (Lipinski definition) is 2. The minimum Gasteiger partial charge on any atom is -0.342 e. The number of rotatable bonds is 2. The molecular formula is C11H13BrO2. The molecule has 2 rings (SSSR count). The van der Waals surface area contributed by atoms with Gasteiger partial charge in [0.25, 0.3) is 0 Å². The summed E-state index contributed by atoms with van der Waals surface area (Å²) in [4.78, 5) is 0. The lowest BCUT2D eigenvalue weighted by atomic mass is 10.1. The third-order valence-corrected chi connectivity index (χ3v) is 3.07. The first-order chi connectivity index (χ1) is 6.77. The minimum absolute atomic E-state index is 0.160. The van der Waals surface area contributed by atoms with Crippen molar-refractivity contribution >= 4 is 15.9 Å². The van der Waals surface area contributed by atoms with Gasteiger partial charge < -0.3 is 9.47 Å². The van der Waals surface area contributed by atoms with Crippen molar-refractivity contribution < 1.29 is 9.47 Å². The summed E-state index contributed by atoms with van der Waals surface area (Å²) in [5.74, 6) is -0.583. The largest absolute Gasteiger partial charge is 0.342 e. The summed E-state index contributed by atoms with van der Waals surface area (Å²) in [6.45, 7) is 2.67. The van der Waals surface area contributed by atoms with Crippen LogP contribution in [-0.4, -0.2) is 18.0 Å². The van der Waals surface area contributed by atoms with Crippen LogP contribution in [0.3, 0.4) is 0 Å². The molecule has 0 spiro atoms. The average Bonchev–Trinajstić information content (AvgIpc) is 2.63. The third-order valence-electron chi connectivity index (χ3n) is 2.33. The van der Waals surface area contributed by atoms with E-state index in [1.54, 1.807) is 0 Å². The van der Waals surface area contributed by atoms with Crippen LogP contribution < -0.4 is 0 Å². The Morgan fingerprint density at radius 1 is 1.43 bits per heavy atom. The summed E-state index contributed by atoms with van der Waals surface area (Å²) in [7, 11) is 0. The summed E-state index contributed by atoms with van der Waals surface area (Å²) in [6.07, 6.45) is 0.160. The molecule has 0 saturated carbocycles. The number of ether oxygens (including phenoxy) is 2. The van der Waals surface area contributed by atoms with Crippen LogP contribution >= 0.6 is 15.9 Å². The van der Waals surface area contributed by atoms with Crippen LogP contribution in [0.2, 0.25) is 0 Å². The highest BCUT2D eigenvalue weighted by molar-refractivity contribution is 9.09. The molecule has 1 aromatic carbocycles. The van der Waals surface area contributed by atoms with Gasteiger partial charge in [-0.05, 0) is 6.92 Å². The summed E-state index contributed by atoms with van der Waals surface area (Å²) >= 11 is 3.45. The molecule has 0 aromatic heterocycles. The molecule has 1 aromatic rings. The Morgan fingerprint density at radius 2 is 2.14 bits per heavy atom. The van der Waals surface area contributed by atoms with E-state index in [4.69, 9.17) is 9.47 Å². The Balaban J connectivity index is 2.30. The standard InChI is InChI=1S/C11H13BrO2/c1-9-7-13-11(8-12,14-9)10-5-3-2-4-6-10/h2-6,9H,7-8H2,1H3/t9-,11?/m1/s1. The quantitative estimate of drug-likeness (QED) is 0.758. The maximum absolute atomic E-state index is 5.82. The molecule has 2 nitrogen and oxygen atoms in total. The fourth-order valence-electron chi connectivity index (χ4n) is 1.64. The first-order valence-electron chi connectivity index (χ1n) is 4.70. The molecule has 0 radical (unpaired) electrons. The SMILES string of the molecule is C[C@@H]1COC(CBr)(c2ccccc2)O1. The molecule has 1 unspecified atom stereocenters. The monoisotopic (exact) mass is 256 g/mol. The molecule has 0 bridgehead atoms. The highest BCUT2D eigenvalue weighted by Crippen LogP contribution is 2.35. The summed E-state index contributed by atoms with van der Waals surface area (Å²) in [5.41, 5.74) is 1.07. The minimum atomic E-state index is -0.583. The van der Waals surface area contributed by atoms with Crippen molar-refractivity contribution in [3.63, 3.8) is 0 Å². The number of halogens is 1. The van der Waals surface area contributed by atoms with Gasteiger partial charge >= 0.3 is 0 Å². The Morgan fingerprint density at radius 3 is 2.64 bits per heavy atom. The highest BCUT2D eigenvalue weighted by Gasteiger charge is 2.40. The first-order valence-corrected chi connectivity index (χ1v) is 5.82. The van der Waals surface area contributed by atoms with Gasteiger partial charge in [-0.2, -0.15) is 0 Å².